The number of fused-ring (bicyclic) bond motifs is 1. The molecular formula is C27H25IN2O4. The van der Waals surface area contributed by atoms with Gasteiger partial charge in [-0.15, -0.1) is 0 Å². The van der Waals surface area contributed by atoms with Gasteiger partial charge in [-0.25, -0.2) is 0 Å². The van der Waals surface area contributed by atoms with E-state index in [1.807, 2.05) is 72.8 Å². The summed E-state index contributed by atoms with van der Waals surface area (Å²) in [6, 6.07) is 24.7. The van der Waals surface area contributed by atoms with Crippen molar-refractivity contribution in [3.63, 3.8) is 0 Å². The minimum atomic E-state index is -0.412. The zero-order valence-corrected chi connectivity index (χ0v) is 21.0. The summed E-state index contributed by atoms with van der Waals surface area (Å²) in [5.41, 5.74) is 2.89. The first-order valence-electron chi connectivity index (χ1n) is 11.2. The third kappa shape index (κ3) is 5.14. The Morgan fingerprint density at radius 3 is 2.18 bits per heavy atom. The van der Waals surface area contributed by atoms with Crippen molar-refractivity contribution < 1.29 is 19.1 Å². The molecule has 7 heteroatoms. The van der Waals surface area contributed by atoms with Crippen LogP contribution in [0.1, 0.15) is 40.9 Å². The SMILES string of the molecule is CCOC(=O)CCN1CC(=O)N(C(c2ccccc2)c2ccccc2)c2cc(I)ccc2C1=O. The Hall–Kier alpha value is -3.20. The zero-order chi connectivity index (χ0) is 24.1. The highest BCUT2D eigenvalue weighted by molar-refractivity contribution is 14.1. The van der Waals surface area contributed by atoms with Gasteiger partial charge in [0.25, 0.3) is 5.91 Å². The van der Waals surface area contributed by atoms with Crippen LogP contribution in [-0.4, -0.2) is 42.4 Å². The van der Waals surface area contributed by atoms with Gasteiger partial charge in [0.05, 0.1) is 30.3 Å². The van der Waals surface area contributed by atoms with Crippen LogP contribution in [0, 0.1) is 3.57 Å². The molecule has 0 N–H and O–H groups in total. The Morgan fingerprint density at radius 1 is 0.971 bits per heavy atom. The molecule has 0 aliphatic carbocycles. The van der Waals surface area contributed by atoms with E-state index in [0.29, 0.717) is 11.3 Å². The standard InChI is InChI=1S/C27H25IN2O4/c1-2-34-25(32)15-16-29-18-24(31)30(23-17-21(28)13-14-22(23)27(29)33)26(19-9-5-3-6-10-19)20-11-7-4-8-12-20/h3-14,17,26H,2,15-16,18H2,1H3. The molecule has 1 aliphatic heterocycles. The van der Waals surface area contributed by atoms with Crippen LogP contribution in [0.15, 0.2) is 78.9 Å². The molecule has 0 saturated heterocycles. The molecule has 34 heavy (non-hydrogen) atoms. The Labute approximate surface area is 212 Å². The van der Waals surface area contributed by atoms with Crippen LogP contribution < -0.4 is 4.90 Å². The molecule has 3 aromatic carbocycles. The lowest BCUT2D eigenvalue weighted by Gasteiger charge is -2.33. The fraction of sp³-hybridized carbons (Fsp3) is 0.222. The first-order valence-corrected chi connectivity index (χ1v) is 12.2. The second-order valence-electron chi connectivity index (χ2n) is 7.93. The van der Waals surface area contributed by atoms with Crippen molar-refractivity contribution in [2.24, 2.45) is 0 Å². The Bertz CT molecular complexity index is 1140. The number of hydrogen-bond acceptors (Lipinski definition) is 4. The van der Waals surface area contributed by atoms with Crippen molar-refractivity contribution in [2.45, 2.75) is 19.4 Å². The molecule has 1 heterocycles. The van der Waals surface area contributed by atoms with E-state index in [9.17, 15) is 14.4 Å². The summed E-state index contributed by atoms with van der Waals surface area (Å²) in [5, 5.41) is 0. The van der Waals surface area contributed by atoms with Gasteiger partial charge in [-0.3, -0.25) is 19.3 Å². The highest BCUT2D eigenvalue weighted by Crippen LogP contribution is 2.37. The number of nitrogens with zero attached hydrogens (tertiary/aromatic N) is 2. The van der Waals surface area contributed by atoms with Crippen molar-refractivity contribution >= 4 is 46.1 Å². The molecule has 1 aliphatic rings. The quantitative estimate of drug-likeness (QED) is 0.303. The number of esters is 1. The molecule has 0 bridgehead atoms. The molecule has 174 valence electrons. The third-order valence-electron chi connectivity index (χ3n) is 5.71. The van der Waals surface area contributed by atoms with Crippen LogP contribution in [0.25, 0.3) is 0 Å². The lowest BCUT2D eigenvalue weighted by atomic mass is 9.95. The lowest BCUT2D eigenvalue weighted by Crippen LogP contribution is -2.42. The van der Waals surface area contributed by atoms with Gasteiger partial charge in [0.15, 0.2) is 0 Å². The number of ether oxygens (including phenoxy) is 1. The molecule has 0 unspecified atom stereocenters. The van der Waals surface area contributed by atoms with E-state index >= 15 is 0 Å². The zero-order valence-electron chi connectivity index (χ0n) is 18.8. The summed E-state index contributed by atoms with van der Waals surface area (Å²) in [4.78, 5) is 42.4. The van der Waals surface area contributed by atoms with Crippen molar-refractivity contribution in [2.75, 3.05) is 24.6 Å². The second-order valence-corrected chi connectivity index (χ2v) is 9.18. The molecule has 0 fully saturated rings. The number of hydrogen-bond donors (Lipinski definition) is 0. The average Bonchev–Trinajstić information content (AvgIpc) is 2.94. The van der Waals surface area contributed by atoms with E-state index in [1.165, 1.54) is 4.90 Å². The number of amides is 2. The van der Waals surface area contributed by atoms with Crippen molar-refractivity contribution in [3.8, 4) is 0 Å². The van der Waals surface area contributed by atoms with Gasteiger partial charge >= 0.3 is 5.97 Å². The normalized spacial score (nSPS) is 13.6. The molecular weight excluding hydrogens is 543 g/mol. The van der Waals surface area contributed by atoms with Gasteiger partial charge in [-0.1, -0.05) is 60.7 Å². The van der Waals surface area contributed by atoms with E-state index in [2.05, 4.69) is 22.6 Å². The minimum absolute atomic E-state index is 0.0351. The summed E-state index contributed by atoms with van der Waals surface area (Å²) in [6.45, 7) is 2.00. The van der Waals surface area contributed by atoms with Gasteiger partial charge in [0, 0.05) is 10.1 Å². The van der Waals surface area contributed by atoms with Gasteiger partial charge < -0.3 is 9.64 Å². The van der Waals surface area contributed by atoms with Gasteiger partial charge in [0.2, 0.25) is 5.91 Å². The molecule has 0 spiro atoms. The summed E-state index contributed by atoms with van der Waals surface area (Å²) in [7, 11) is 0. The van der Waals surface area contributed by atoms with Gasteiger partial charge in [0.1, 0.15) is 6.54 Å². The average molecular weight is 568 g/mol. The van der Waals surface area contributed by atoms with Crippen LogP contribution in [0.3, 0.4) is 0 Å². The van der Waals surface area contributed by atoms with Gasteiger partial charge in [-0.2, -0.15) is 0 Å². The highest BCUT2D eigenvalue weighted by atomic mass is 127. The van der Waals surface area contributed by atoms with E-state index in [4.69, 9.17) is 4.74 Å². The molecule has 4 rings (SSSR count). The van der Waals surface area contributed by atoms with E-state index in [0.717, 1.165) is 14.7 Å². The number of rotatable bonds is 7. The summed E-state index contributed by atoms with van der Waals surface area (Å²) in [5.74, 6) is -0.875. The van der Waals surface area contributed by atoms with Crippen LogP contribution in [0.2, 0.25) is 0 Å². The minimum Gasteiger partial charge on any atom is -0.466 e. The highest BCUT2D eigenvalue weighted by Gasteiger charge is 2.37. The summed E-state index contributed by atoms with van der Waals surface area (Å²) < 4.78 is 5.93. The molecule has 0 atom stereocenters. The van der Waals surface area contributed by atoms with Crippen LogP contribution in [-0.2, 0) is 14.3 Å². The Morgan fingerprint density at radius 2 is 1.59 bits per heavy atom. The molecule has 0 radical (unpaired) electrons. The molecule has 3 aromatic rings. The topological polar surface area (TPSA) is 66.9 Å². The molecule has 2 amide bonds. The number of anilines is 1. The van der Waals surface area contributed by atoms with Crippen LogP contribution >= 0.6 is 22.6 Å². The summed E-state index contributed by atoms with van der Waals surface area (Å²) >= 11 is 2.19. The van der Waals surface area contributed by atoms with Crippen molar-refractivity contribution in [1.82, 2.24) is 4.90 Å². The largest absolute Gasteiger partial charge is 0.466 e. The summed E-state index contributed by atoms with van der Waals surface area (Å²) in [6.07, 6.45) is 0.0351. The lowest BCUT2D eigenvalue weighted by molar-refractivity contribution is -0.143. The maximum atomic E-state index is 13.8. The number of carbonyl (C=O) groups is 3. The number of benzene rings is 3. The first kappa shape index (κ1) is 23.9. The van der Waals surface area contributed by atoms with E-state index < -0.39 is 12.0 Å². The van der Waals surface area contributed by atoms with Crippen LogP contribution in [0.4, 0.5) is 5.69 Å². The smallest absolute Gasteiger partial charge is 0.307 e. The van der Waals surface area contributed by atoms with Crippen LogP contribution in [0.5, 0.6) is 0 Å². The fourth-order valence-corrected chi connectivity index (χ4v) is 4.66. The predicted octanol–water partition coefficient (Wildman–Crippen LogP) is 4.82. The number of carbonyl (C=O) groups excluding carboxylic acids is 3. The Kier molecular flexibility index (Phi) is 7.62. The fourth-order valence-electron chi connectivity index (χ4n) is 4.19. The van der Waals surface area contributed by atoms with Crippen molar-refractivity contribution in [1.29, 1.82) is 0 Å². The third-order valence-corrected chi connectivity index (χ3v) is 6.38. The molecule has 6 nitrogen and oxygen atoms in total. The Balaban J connectivity index is 1.81. The number of halogens is 1. The second kappa shape index (κ2) is 10.8. The predicted molar refractivity (Wildman–Crippen MR) is 139 cm³/mol. The maximum absolute atomic E-state index is 13.8. The van der Waals surface area contributed by atoms with E-state index in [1.54, 1.807) is 17.9 Å². The monoisotopic (exact) mass is 568 g/mol. The first-order chi connectivity index (χ1) is 16.5. The van der Waals surface area contributed by atoms with Gasteiger partial charge in [-0.05, 0) is 58.8 Å². The molecule has 0 saturated carbocycles. The molecule has 0 aromatic heterocycles. The maximum Gasteiger partial charge on any atom is 0.307 e. The van der Waals surface area contributed by atoms with Crippen molar-refractivity contribution in [3.05, 3.63) is 99.1 Å². The van der Waals surface area contributed by atoms with E-state index in [-0.39, 0.29) is 37.9 Å².